The number of nitrogens with one attached hydrogen (secondary N) is 1. The van der Waals surface area contributed by atoms with E-state index in [-0.39, 0.29) is 11.2 Å². The molecule has 0 spiro atoms. The van der Waals surface area contributed by atoms with Gasteiger partial charge in [-0.15, -0.1) is 5.10 Å². The molecule has 1 unspecified atom stereocenters. The van der Waals surface area contributed by atoms with Crippen LogP contribution >= 0.6 is 39.3 Å². The highest BCUT2D eigenvalue weighted by Crippen LogP contribution is 2.48. The van der Waals surface area contributed by atoms with Crippen LogP contribution in [0.1, 0.15) is 43.9 Å². The largest absolute Gasteiger partial charge is 0.493 e. The van der Waals surface area contributed by atoms with Crippen LogP contribution in [0.5, 0.6) is 11.5 Å². The highest BCUT2D eigenvalue weighted by Gasteiger charge is 2.42. The van der Waals surface area contributed by atoms with E-state index in [9.17, 15) is 4.79 Å². The van der Waals surface area contributed by atoms with E-state index < -0.39 is 6.04 Å². The molecule has 0 saturated heterocycles. The lowest BCUT2D eigenvalue weighted by atomic mass is 9.73. The van der Waals surface area contributed by atoms with Gasteiger partial charge in [0, 0.05) is 28.5 Å². The summed E-state index contributed by atoms with van der Waals surface area (Å²) in [5.41, 5.74) is 3.34. The van der Waals surface area contributed by atoms with Gasteiger partial charge in [-0.3, -0.25) is 4.79 Å². The first-order chi connectivity index (χ1) is 17.2. The maximum Gasteiger partial charge on any atom is 0.227 e. The van der Waals surface area contributed by atoms with Gasteiger partial charge in [0.05, 0.1) is 18.7 Å². The van der Waals surface area contributed by atoms with Gasteiger partial charge >= 0.3 is 0 Å². The van der Waals surface area contributed by atoms with Gasteiger partial charge in [-0.25, -0.2) is 4.68 Å². The molecule has 2 aliphatic rings. The number of hydrogen-bond acceptors (Lipinski definition) is 7. The minimum atomic E-state index is -0.446. The topological polar surface area (TPSA) is 78.3 Å². The number of fused-ring (bicyclic) bond motifs is 1. The number of halogens is 2. The molecule has 0 radical (unpaired) electrons. The Morgan fingerprint density at radius 1 is 1.22 bits per heavy atom. The van der Waals surface area contributed by atoms with Crippen molar-refractivity contribution in [2.75, 3.05) is 19.5 Å². The molecule has 1 aliphatic carbocycles. The van der Waals surface area contributed by atoms with Gasteiger partial charge < -0.3 is 14.8 Å². The summed E-state index contributed by atoms with van der Waals surface area (Å²) in [5.74, 6) is 2.51. The van der Waals surface area contributed by atoms with E-state index in [1.807, 2.05) is 36.4 Å². The molecular weight excluding hydrogens is 564 g/mol. The number of Topliss-reactive ketones (excluding diaryl/α,β-unsaturated/α-hetero) is 1. The molecule has 2 aromatic carbocycles. The number of methoxy groups -OCH3 is 2. The Kier molecular flexibility index (Phi) is 6.82. The molecule has 0 bridgehead atoms. The zero-order valence-corrected chi connectivity index (χ0v) is 23.6. The van der Waals surface area contributed by atoms with Crippen LogP contribution in [0.3, 0.4) is 0 Å². The number of carbonyl (C=O) groups excluding carboxylic acids is 1. The van der Waals surface area contributed by atoms with Crippen LogP contribution < -0.4 is 14.8 Å². The number of benzene rings is 2. The lowest BCUT2D eigenvalue weighted by Gasteiger charge is -2.38. The molecule has 188 valence electrons. The first-order valence-electron chi connectivity index (χ1n) is 11.5. The first-order valence-corrected chi connectivity index (χ1v) is 13.6. The minimum Gasteiger partial charge on any atom is -0.493 e. The van der Waals surface area contributed by atoms with Crippen molar-refractivity contribution in [3.8, 4) is 11.5 Å². The fourth-order valence-corrected chi connectivity index (χ4v) is 6.55. The number of nitrogens with zero attached hydrogens (tertiary/aromatic N) is 3. The van der Waals surface area contributed by atoms with Gasteiger partial charge in [-0.05, 0) is 57.1 Å². The molecule has 1 atom stereocenters. The van der Waals surface area contributed by atoms with Crippen molar-refractivity contribution in [2.24, 2.45) is 5.41 Å². The predicted molar refractivity (Wildman–Crippen MR) is 145 cm³/mol. The van der Waals surface area contributed by atoms with Gasteiger partial charge in [-0.1, -0.05) is 55.4 Å². The van der Waals surface area contributed by atoms with E-state index >= 15 is 0 Å². The molecule has 3 aromatic rings. The normalized spacial score (nSPS) is 18.4. The van der Waals surface area contributed by atoms with Crippen LogP contribution in [-0.2, 0) is 10.5 Å². The zero-order valence-electron chi connectivity index (χ0n) is 20.4. The molecule has 0 fully saturated rings. The summed E-state index contributed by atoms with van der Waals surface area (Å²) in [6.45, 7) is 4.23. The van der Waals surface area contributed by atoms with Crippen molar-refractivity contribution in [3.05, 3.63) is 68.3 Å². The average molecular weight is 590 g/mol. The number of allylic oxidation sites excluding steroid dienone is 2. The molecule has 5 rings (SSSR count). The molecule has 2 heterocycles. The second kappa shape index (κ2) is 9.76. The summed E-state index contributed by atoms with van der Waals surface area (Å²) in [5, 5.41) is 9.57. The summed E-state index contributed by atoms with van der Waals surface area (Å²) in [6, 6.07) is 11.2. The number of anilines is 1. The number of rotatable bonds is 6. The smallest absolute Gasteiger partial charge is 0.227 e. The predicted octanol–water partition coefficient (Wildman–Crippen LogP) is 6.66. The monoisotopic (exact) mass is 588 g/mol. The zero-order chi connectivity index (χ0) is 25.6. The van der Waals surface area contributed by atoms with Gasteiger partial charge in [0.15, 0.2) is 17.3 Å². The summed E-state index contributed by atoms with van der Waals surface area (Å²) in [7, 11) is 3.19. The third-order valence-corrected chi connectivity index (χ3v) is 8.24. The minimum absolute atomic E-state index is 0.107. The second-order valence-electron chi connectivity index (χ2n) is 9.64. The Morgan fingerprint density at radius 3 is 2.72 bits per heavy atom. The van der Waals surface area contributed by atoms with Crippen LogP contribution in [0.4, 0.5) is 5.95 Å². The van der Waals surface area contributed by atoms with Gasteiger partial charge in [0.25, 0.3) is 0 Å². The first kappa shape index (κ1) is 25.2. The number of ketones is 1. The Morgan fingerprint density at radius 2 is 2.00 bits per heavy atom. The van der Waals surface area contributed by atoms with Crippen molar-refractivity contribution in [2.45, 2.75) is 43.6 Å². The van der Waals surface area contributed by atoms with Crippen LogP contribution in [0.2, 0.25) is 5.02 Å². The second-order valence-corrected chi connectivity index (χ2v) is 11.8. The van der Waals surface area contributed by atoms with Crippen LogP contribution in [-0.4, -0.2) is 34.8 Å². The Balaban J connectivity index is 1.59. The van der Waals surface area contributed by atoms with Crippen molar-refractivity contribution in [1.82, 2.24) is 14.8 Å². The lowest BCUT2D eigenvalue weighted by molar-refractivity contribution is -0.118. The van der Waals surface area contributed by atoms with E-state index in [2.05, 4.69) is 35.1 Å². The molecular formula is C26H26BrClN4O3S. The highest BCUT2D eigenvalue weighted by molar-refractivity contribution is 9.10. The average Bonchev–Trinajstić information content (AvgIpc) is 3.23. The fraction of sp³-hybridized carbons (Fsp3) is 0.346. The van der Waals surface area contributed by atoms with E-state index in [1.165, 1.54) is 11.8 Å². The maximum absolute atomic E-state index is 13.5. The standard InChI is InChI=1S/C26H26BrClN4O3S/c1-26(2)11-18-21(19(33)12-26)22(15-9-16(27)23(35-4)20(10-15)34-3)32-24(29-18)30-25(31-32)36-13-14-7-5-6-8-17(14)28/h5-10,22H,11-13H2,1-4H3,(H,29,30,31). The lowest BCUT2D eigenvalue weighted by Crippen LogP contribution is -2.36. The third-order valence-electron chi connectivity index (χ3n) is 6.40. The van der Waals surface area contributed by atoms with Crippen molar-refractivity contribution in [1.29, 1.82) is 0 Å². The van der Waals surface area contributed by atoms with Gasteiger partial charge in [-0.2, -0.15) is 4.98 Å². The van der Waals surface area contributed by atoms with Crippen molar-refractivity contribution in [3.63, 3.8) is 0 Å². The number of ether oxygens (including phenoxy) is 2. The van der Waals surface area contributed by atoms with Crippen LogP contribution in [0, 0.1) is 5.41 Å². The van der Waals surface area contributed by atoms with Crippen molar-refractivity contribution < 1.29 is 14.3 Å². The van der Waals surface area contributed by atoms with E-state index in [0.717, 1.165) is 27.7 Å². The van der Waals surface area contributed by atoms with Crippen LogP contribution in [0.15, 0.2) is 57.3 Å². The molecule has 7 nitrogen and oxygen atoms in total. The highest BCUT2D eigenvalue weighted by atomic mass is 79.9. The summed E-state index contributed by atoms with van der Waals surface area (Å²) < 4.78 is 13.7. The Bertz CT molecular complexity index is 1390. The molecule has 0 amide bonds. The molecule has 1 N–H and O–H groups in total. The third kappa shape index (κ3) is 4.64. The summed E-state index contributed by atoms with van der Waals surface area (Å²) in [4.78, 5) is 18.3. The quantitative estimate of drug-likeness (QED) is 0.322. The van der Waals surface area contributed by atoms with E-state index in [0.29, 0.717) is 45.4 Å². The van der Waals surface area contributed by atoms with E-state index in [4.69, 9.17) is 31.2 Å². The molecule has 1 aliphatic heterocycles. The molecule has 36 heavy (non-hydrogen) atoms. The summed E-state index contributed by atoms with van der Waals surface area (Å²) in [6.07, 6.45) is 1.21. The number of carbonyl (C=O) groups is 1. The Hall–Kier alpha value is -2.49. The molecule has 1 aromatic heterocycles. The molecule has 0 saturated carbocycles. The van der Waals surface area contributed by atoms with Gasteiger partial charge in [0.2, 0.25) is 11.1 Å². The Labute approximate surface area is 227 Å². The SMILES string of the molecule is COc1cc(C2C3=C(CC(C)(C)CC3=O)Nc3nc(SCc4ccccc4Cl)nn32)cc(Br)c1OC. The maximum atomic E-state index is 13.5. The fourth-order valence-electron chi connectivity index (χ4n) is 4.81. The van der Waals surface area contributed by atoms with Crippen molar-refractivity contribution >= 4 is 51.0 Å². The van der Waals surface area contributed by atoms with Gasteiger partial charge in [0.1, 0.15) is 6.04 Å². The molecule has 10 heteroatoms. The number of aromatic nitrogens is 3. The summed E-state index contributed by atoms with van der Waals surface area (Å²) >= 11 is 11.5. The van der Waals surface area contributed by atoms with E-state index in [1.54, 1.807) is 18.9 Å². The number of thioether (sulfide) groups is 1. The number of hydrogen-bond donors (Lipinski definition) is 1. The van der Waals surface area contributed by atoms with Crippen LogP contribution in [0.25, 0.3) is 0 Å².